The van der Waals surface area contributed by atoms with Crippen molar-refractivity contribution in [1.82, 2.24) is 53.8 Å². The maximum Gasteiger partial charge on any atom is 0.326 e. The molecular formula is C57H107I2N11O10. The molecule has 0 rings (SSSR count). The lowest BCUT2D eigenvalue weighted by Crippen LogP contribution is -2.62. The molecule has 21 nitrogen and oxygen atoms in total. The van der Waals surface area contributed by atoms with Crippen molar-refractivity contribution in [2.45, 2.75) is 214 Å². The second kappa shape index (κ2) is 37.0. The van der Waals surface area contributed by atoms with Crippen molar-refractivity contribution in [3.05, 3.63) is 12.2 Å². The molecule has 464 valence electrons. The third-order valence-corrected chi connectivity index (χ3v) is 17.5. The van der Waals surface area contributed by atoms with Crippen molar-refractivity contribution in [2.75, 3.05) is 55.9 Å². The monoisotopic (exact) mass is 1360 g/mol. The summed E-state index contributed by atoms with van der Waals surface area (Å²) in [4.78, 5) is 121. The van der Waals surface area contributed by atoms with Gasteiger partial charge in [0.05, 0.1) is 16.1 Å². The van der Waals surface area contributed by atoms with Gasteiger partial charge in [0.25, 0.3) is 0 Å². The summed E-state index contributed by atoms with van der Waals surface area (Å²) in [6.45, 7) is 30.4. The van der Waals surface area contributed by atoms with Crippen LogP contribution in [0.25, 0.3) is 0 Å². The number of aliphatic hydroxyl groups is 1. The number of imide groups is 1. The predicted octanol–water partition coefficient (Wildman–Crippen LogP) is 6.21. The molecule has 0 saturated carbocycles. The molecule has 0 aliphatic carbocycles. The second-order valence-electron chi connectivity index (χ2n) is 23.9. The molecule has 0 fully saturated rings. The summed E-state index contributed by atoms with van der Waals surface area (Å²) in [5.74, 6) is -3.79. The largest absolute Gasteiger partial charge is 0.377 e. The van der Waals surface area contributed by atoms with Gasteiger partial charge < -0.3 is 40.7 Å². The SMILES string of the molecule is C/C=C/C[C@@H](C)CC(C(=O)N[C@@H](CC)C(=O)N(C)CC)N(C)C(=O)[C@H](C(C)C)N(C)C(=O)N(C)C(=O)[C@H](CC(C)C)N(C)C(O)C(C)NC(I)[C@@H](C)NC(=O)[C@@H](CC(C)C)N(C)C(=O)[C@@H](NC(=O)[C@H](CC(C)C)N(C)I=O)C(C)C. The van der Waals surface area contributed by atoms with Gasteiger partial charge in [0.15, 0.2) is 0 Å². The maximum atomic E-state index is 14.7. The number of amides is 9. The topological polar surface area (TPSA) is 245 Å². The Morgan fingerprint density at radius 3 is 1.51 bits per heavy atom. The zero-order valence-corrected chi connectivity index (χ0v) is 57.2. The fourth-order valence-corrected chi connectivity index (χ4v) is 11.0. The highest BCUT2D eigenvalue weighted by atomic mass is 127. The number of hydrogen-bond acceptors (Lipinski definition) is 12. The van der Waals surface area contributed by atoms with Crippen LogP contribution in [0.4, 0.5) is 4.79 Å². The minimum Gasteiger partial charge on any atom is -0.377 e. The van der Waals surface area contributed by atoms with Gasteiger partial charge in [-0.05, 0) is 116 Å². The van der Waals surface area contributed by atoms with E-state index < -0.39 is 134 Å². The van der Waals surface area contributed by atoms with Crippen molar-refractivity contribution in [3.63, 3.8) is 0 Å². The molecule has 4 unspecified atom stereocenters. The van der Waals surface area contributed by atoms with E-state index in [2.05, 4.69) is 43.9 Å². The average molecular weight is 1360 g/mol. The van der Waals surface area contributed by atoms with Gasteiger partial charge in [-0.2, -0.15) is 0 Å². The fourth-order valence-electron chi connectivity index (χ4n) is 9.48. The summed E-state index contributed by atoms with van der Waals surface area (Å²) >= 11 is 0.508. The molecule has 23 heteroatoms. The second-order valence-corrected chi connectivity index (χ2v) is 27.1. The molecule has 0 aromatic carbocycles. The van der Waals surface area contributed by atoms with E-state index in [9.17, 15) is 46.5 Å². The molecule has 0 saturated heterocycles. The number of rotatable bonds is 35. The first kappa shape index (κ1) is 76.6. The summed E-state index contributed by atoms with van der Waals surface area (Å²) in [5, 5.41) is 24.1. The number of aliphatic hydroxyl groups excluding tert-OH is 1. The molecule has 9 amide bonds. The van der Waals surface area contributed by atoms with Crippen LogP contribution in [0.3, 0.4) is 0 Å². The normalized spacial score (nSPS) is 16.6. The van der Waals surface area contributed by atoms with E-state index in [0.717, 1.165) is 4.90 Å². The third kappa shape index (κ3) is 23.7. The summed E-state index contributed by atoms with van der Waals surface area (Å²) in [7, 11) is 10.8. The Morgan fingerprint density at radius 1 is 0.575 bits per heavy atom. The van der Waals surface area contributed by atoms with E-state index in [1.54, 1.807) is 62.8 Å². The predicted molar refractivity (Wildman–Crippen MR) is 333 cm³/mol. The van der Waals surface area contributed by atoms with Crippen LogP contribution < -0.4 is 21.3 Å². The van der Waals surface area contributed by atoms with Crippen LogP contribution in [0.1, 0.15) is 149 Å². The highest BCUT2D eigenvalue weighted by Crippen LogP contribution is 2.24. The Balaban J connectivity index is 6.59. The number of carbonyl (C=O) groups is 8. The highest BCUT2D eigenvalue weighted by Gasteiger charge is 2.42. The van der Waals surface area contributed by atoms with Crippen LogP contribution in [0.15, 0.2) is 12.2 Å². The molecule has 0 aliphatic rings. The summed E-state index contributed by atoms with van der Waals surface area (Å²) in [5.41, 5.74) is 0. The standard InChI is InChI=1S/C57H107I2N11O10/c1-24-27-28-38(14)32-43(50(72)62-41(25-2)53(75)64(17)26-3)66(19)56(78)47(37(12)13)68(21)57(79)69(22)54(76)45(31-35(8)9)67(20)52(74)40(16)60-48(58)39(15)61-49(71)42(29-33(4)5)65(18)55(77)46(36(10)11)63-51(73)44(30-34(6)7)70(23)59-80/h24,27,33-48,52,60,74H,25-26,28-32H2,1-23H3,(H,61,71)(H,62,72)(H,63,73)/b27-24+/t38-,39-,40?,41+,42-,43?,44+,45+,46+,47+,48?,52?/m1/s1. The lowest BCUT2D eigenvalue weighted by molar-refractivity contribution is -0.146. The number of alkyl halides is 1. The number of carbonyl (C=O) groups excluding carboxylic acids is 8. The first-order valence-electron chi connectivity index (χ1n) is 28.6. The quantitative estimate of drug-likeness (QED) is 0.0118. The summed E-state index contributed by atoms with van der Waals surface area (Å²) in [6, 6.07) is -8.39. The third-order valence-electron chi connectivity index (χ3n) is 14.8. The number of likely N-dealkylation sites (N-methyl/N-ethyl adjacent to an activating group) is 7. The maximum absolute atomic E-state index is 14.7. The van der Waals surface area contributed by atoms with Crippen molar-refractivity contribution in [3.8, 4) is 0 Å². The van der Waals surface area contributed by atoms with E-state index >= 15 is 0 Å². The van der Waals surface area contributed by atoms with Crippen molar-refractivity contribution >= 4 is 91.4 Å². The molecule has 80 heavy (non-hydrogen) atoms. The van der Waals surface area contributed by atoms with Crippen LogP contribution in [-0.4, -0.2) is 206 Å². The van der Waals surface area contributed by atoms with Crippen molar-refractivity contribution < 1.29 is 46.5 Å². The zero-order valence-electron chi connectivity index (χ0n) is 52.9. The van der Waals surface area contributed by atoms with Gasteiger partial charge in [-0.15, -0.1) is 0 Å². The van der Waals surface area contributed by atoms with Gasteiger partial charge in [0, 0.05) is 47.8 Å². The smallest absolute Gasteiger partial charge is 0.326 e. The van der Waals surface area contributed by atoms with Crippen LogP contribution in [-0.2, 0) is 36.6 Å². The van der Waals surface area contributed by atoms with E-state index in [4.69, 9.17) is 0 Å². The van der Waals surface area contributed by atoms with E-state index in [1.165, 1.54) is 48.8 Å². The van der Waals surface area contributed by atoms with Crippen molar-refractivity contribution in [1.29, 1.82) is 0 Å². The molecule has 0 aliphatic heterocycles. The Kier molecular flexibility index (Phi) is 35.5. The lowest BCUT2D eigenvalue weighted by Gasteiger charge is -2.40. The highest BCUT2D eigenvalue weighted by molar-refractivity contribution is 14.1. The molecule has 0 heterocycles. The number of halogens is 2. The van der Waals surface area contributed by atoms with Gasteiger partial charge >= 0.3 is 6.03 Å². The lowest BCUT2D eigenvalue weighted by atomic mass is 9.94. The molecule has 0 bridgehead atoms. The summed E-state index contributed by atoms with van der Waals surface area (Å²) < 4.78 is 13.0. The fraction of sp³-hybridized carbons (Fsp3) is 0.825. The number of hydrogen-bond donors (Lipinski definition) is 5. The Hall–Kier alpha value is -3.40. The molecule has 5 N–H and O–H groups in total. The molecule has 12 atom stereocenters. The van der Waals surface area contributed by atoms with Gasteiger partial charge in [-0.25, -0.2) is 7.91 Å². The molecule has 0 spiro atoms. The Labute approximate surface area is 506 Å². The molecule has 0 aromatic rings. The first-order valence-corrected chi connectivity index (χ1v) is 31.7. The van der Waals surface area contributed by atoms with Gasteiger partial charge in [0.2, 0.25) is 62.8 Å². The van der Waals surface area contributed by atoms with Gasteiger partial charge in [-0.1, -0.05) is 118 Å². The molecule has 0 aromatic heterocycles. The van der Waals surface area contributed by atoms with Crippen LogP contribution in [0.2, 0.25) is 0 Å². The Morgan fingerprint density at radius 2 is 1.05 bits per heavy atom. The van der Waals surface area contributed by atoms with E-state index in [0.29, 0.717) is 32.2 Å². The number of urea groups is 1. The van der Waals surface area contributed by atoms with E-state index in [1.807, 2.05) is 88.3 Å². The number of allylic oxidation sites excluding steroid dienone is 2. The van der Waals surface area contributed by atoms with Gasteiger partial charge in [0.1, 0.15) is 42.5 Å². The summed E-state index contributed by atoms with van der Waals surface area (Å²) in [6.07, 6.45) is 4.96. The van der Waals surface area contributed by atoms with E-state index in [-0.39, 0.29) is 48.3 Å². The number of nitrogens with zero attached hydrogens (tertiary/aromatic N) is 7. The first-order chi connectivity index (χ1) is 37.0. The van der Waals surface area contributed by atoms with Gasteiger partial charge in [-0.3, -0.25) is 51.7 Å². The van der Waals surface area contributed by atoms with Crippen LogP contribution >= 0.6 is 44.1 Å². The zero-order chi connectivity index (χ0) is 62.4. The Bertz CT molecular complexity index is 2030. The van der Waals surface area contributed by atoms with Crippen LogP contribution in [0, 0.1) is 35.5 Å². The van der Waals surface area contributed by atoms with Crippen molar-refractivity contribution in [2.24, 2.45) is 35.5 Å². The minimum atomic E-state index is -1.62. The number of nitrogens with one attached hydrogen (secondary N) is 4. The molecule has 0 radical (unpaired) electrons. The minimum absolute atomic E-state index is 0.0147. The van der Waals surface area contributed by atoms with Crippen LogP contribution in [0.5, 0.6) is 0 Å². The average Bonchev–Trinajstić information content (AvgIpc) is 3.39. The molecular weight excluding hydrogens is 1250 g/mol.